The fourth-order valence-electron chi connectivity index (χ4n) is 3.42. The monoisotopic (exact) mass is 322 g/mol. The minimum atomic E-state index is -0.550. The van der Waals surface area contributed by atoms with E-state index in [0.717, 1.165) is 30.6 Å². The van der Waals surface area contributed by atoms with Crippen molar-refractivity contribution >= 4 is 11.7 Å². The normalized spacial score (nSPS) is 18.3. The number of hydrogen-bond acceptors (Lipinski definition) is 3. The number of carbonyl (C=O) groups excluding carboxylic acids is 2. The minimum absolute atomic E-state index is 0.0440. The lowest BCUT2D eigenvalue weighted by atomic mass is 9.83. The van der Waals surface area contributed by atoms with E-state index >= 15 is 0 Å². The van der Waals surface area contributed by atoms with Crippen molar-refractivity contribution in [2.75, 3.05) is 13.1 Å². The highest BCUT2D eigenvalue weighted by Crippen LogP contribution is 2.31. The summed E-state index contributed by atoms with van der Waals surface area (Å²) >= 11 is 0. The summed E-state index contributed by atoms with van der Waals surface area (Å²) in [6.45, 7) is 3.63. The molecule has 4 heteroatoms. The zero-order valence-corrected chi connectivity index (χ0v) is 13.8. The van der Waals surface area contributed by atoms with Gasteiger partial charge in [-0.1, -0.05) is 49.4 Å². The van der Waals surface area contributed by atoms with E-state index in [1.54, 1.807) is 6.07 Å². The predicted octanol–water partition coefficient (Wildman–Crippen LogP) is 2.85. The average Bonchev–Trinajstić information content (AvgIpc) is 3.15. The standard InChI is InChI=1S/C20H22N2O2/c1-13(14-6-3-2-4-7-14)19(23)18-16(15-10-11-22-12-15)8-5-9-17(18)20(21)24/h2-9,13,15,22H,10-12H2,1H3,(H2,21,24). The highest BCUT2D eigenvalue weighted by atomic mass is 16.1. The van der Waals surface area contributed by atoms with E-state index in [2.05, 4.69) is 5.32 Å². The van der Waals surface area contributed by atoms with E-state index in [-0.39, 0.29) is 17.6 Å². The minimum Gasteiger partial charge on any atom is -0.366 e. The molecule has 124 valence electrons. The van der Waals surface area contributed by atoms with Crippen LogP contribution in [0.5, 0.6) is 0 Å². The second-order valence-corrected chi connectivity index (χ2v) is 6.32. The Labute approximate surface area is 142 Å². The molecular formula is C20H22N2O2. The van der Waals surface area contributed by atoms with E-state index in [1.807, 2.05) is 49.4 Å². The third kappa shape index (κ3) is 3.10. The van der Waals surface area contributed by atoms with Crippen LogP contribution in [-0.4, -0.2) is 24.8 Å². The lowest BCUT2D eigenvalue weighted by molar-refractivity contribution is 0.0944. The molecule has 0 bridgehead atoms. The number of benzene rings is 2. The maximum absolute atomic E-state index is 13.2. The molecule has 1 aliphatic rings. The zero-order valence-electron chi connectivity index (χ0n) is 13.8. The first-order valence-corrected chi connectivity index (χ1v) is 8.32. The molecule has 1 heterocycles. The molecular weight excluding hydrogens is 300 g/mol. The fraction of sp³-hybridized carbons (Fsp3) is 0.300. The Hall–Kier alpha value is -2.46. The number of primary amides is 1. The third-order valence-electron chi connectivity index (χ3n) is 4.80. The first-order valence-electron chi connectivity index (χ1n) is 8.32. The van der Waals surface area contributed by atoms with E-state index in [9.17, 15) is 9.59 Å². The molecule has 24 heavy (non-hydrogen) atoms. The maximum atomic E-state index is 13.2. The van der Waals surface area contributed by atoms with Crippen LogP contribution in [0.25, 0.3) is 0 Å². The van der Waals surface area contributed by atoms with E-state index in [1.165, 1.54) is 0 Å². The molecule has 1 saturated heterocycles. The number of nitrogens with one attached hydrogen (secondary N) is 1. The maximum Gasteiger partial charge on any atom is 0.249 e. The van der Waals surface area contributed by atoms with Crippen LogP contribution in [-0.2, 0) is 0 Å². The molecule has 1 amide bonds. The Morgan fingerprint density at radius 2 is 1.88 bits per heavy atom. The second-order valence-electron chi connectivity index (χ2n) is 6.32. The molecule has 1 fully saturated rings. The molecule has 1 aliphatic heterocycles. The molecule has 0 aromatic heterocycles. The SMILES string of the molecule is CC(C(=O)c1c(C(N)=O)cccc1C1CCNC1)c1ccccc1. The summed E-state index contributed by atoms with van der Waals surface area (Å²) < 4.78 is 0. The Bertz CT molecular complexity index is 749. The first kappa shape index (κ1) is 16.4. The number of Topliss-reactive ketones (excluding diaryl/α,β-unsaturated/α-hetero) is 1. The van der Waals surface area contributed by atoms with E-state index in [0.29, 0.717) is 11.1 Å². The van der Waals surface area contributed by atoms with Crippen molar-refractivity contribution < 1.29 is 9.59 Å². The summed E-state index contributed by atoms with van der Waals surface area (Å²) in [5, 5.41) is 3.32. The summed E-state index contributed by atoms with van der Waals surface area (Å²) in [5.74, 6) is -0.671. The van der Waals surface area contributed by atoms with Gasteiger partial charge in [-0.25, -0.2) is 0 Å². The van der Waals surface area contributed by atoms with Gasteiger partial charge in [-0.3, -0.25) is 9.59 Å². The summed E-state index contributed by atoms with van der Waals surface area (Å²) in [6, 6.07) is 15.1. The Morgan fingerprint density at radius 1 is 1.12 bits per heavy atom. The molecule has 3 rings (SSSR count). The van der Waals surface area contributed by atoms with Crippen LogP contribution < -0.4 is 11.1 Å². The molecule has 3 N–H and O–H groups in total. The van der Waals surface area contributed by atoms with Gasteiger partial charge in [-0.05, 0) is 36.1 Å². The molecule has 2 unspecified atom stereocenters. The highest BCUT2D eigenvalue weighted by molar-refractivity contribution is 6.11. The van der Waals surface area contributed by atoms with Crippen molar-refractivity contribution in [1.29, 1.82) is 0 Å². The van der Waals surface area contributed by atoms with Gasteiger partial charge in [0.1, 0.15) is 0 Å². The number of rotatable bonds is 5. The van der Waals surface area contributed by atoms with Crippen LogP contribution in [0.4, 0.5) is 0 Å². The second kappa shape index (κ2) is 6.97. The molecule has 0 spiro atoms. The zero-order chi connectivity index (χ0) is 17.1. The Morgan fingerprint density at radius 3 is 2.50 bits per heavy atom. The van der Waals surface area contributed by atoms with Crippen molar-refractivity contribution in [3.05, 3.63) is 70.8 Å². The van der Waals surface area contributed by atoms with Gasteiger partial charge in [-0.2, -0.15) is 0 Å². The van der Waals surface area contributed by atoms with Crippen LogP contribution >= 0.6 is 0 Å². The molecule has 0 aliphatic carbocycles. The van der Waals surface area contributed by atoms with E-state index < -0.39 is 5.91 Å². The third-order valence-corrected chi connectivity index (χ3v) is 4.80. The highest BCUT2D eigenvalue weighted by Gasteiger charge is 2.29. The van der Waals surface area contributed by atoms with Gasteiger partial charge in [0.05, 0.1) is 5.56 Å². The number of carbonyl (C=O) groups is 2. The van der Waals surface area contributed by atoms with Gasteiger partial charge in [0, 0.05) is 18.0 Å². The smallest absolute Gasteiger partial charge is 0.249 e. The summed E-state index contributed by atoms with van der Waals surface area (Å²) in [7, 11) is 0. The Kier molecular flexibility index (Phi) is 4.76. The van der Waals surface area contributed by atoms with Crippen molar-refractivity contribution in [1.82, 2.24) is 5.32 Å². The summed E-state index contributed by atoms with van der Waals surface area (Å²) in [4.78, 5) is 25.1. The lowest BCUT2D eigenvalue weighted by Crippen LogP contribution is -2.22. The van der Waals surface area contributed by atoms with Crippen LogP contribution in [0, 0.1) is 0 Å². The summed E-state index contributed by atoms with van der Waals surface area (Å²) in [5.41, 5.74) is 8.25. The Balaban J connectivity index is 2.07. The predicted molar refractivity (Wildman–Crippen MR) is 94.4 cm³/mol. The van der Waals surface area contributed by atoms with Crippen LogP contribution in [0.15, 0.2) is 48.5 Å². The van der Waals surface area contributed by atoms with Crippen LogP contribution in [0.2, 0.25) is 0 Å². The van der Waals surface area contributed by atoms with Gasteiger partial charge in [0.2, 0.25) is 5.91 Å². The van der Waals surface area contributed by atoms with Crippen molar-refractivity contribution in [2.45, 2.75) is 25.2 Å². The summed E-state index contributed by atoms with van der Waals surface area (Å²) in [6.07, 6.45) is 0.961. The van der Waals surface area contributed by atoms with Gasteiger partial charge in [-0.15, -0.1) is 0 Å². The van der Waals surface area contributed by atoms with Crippen LogP contribution in [0.3, 0.4) is 0 Å². The number of amides is 1. The largest absolute Gasteiger partial charge is 0.366 e. The molecule has 0 saturated carbocycles. The van der Waals surface area contributed by atoms with Gasteiger partial charge >= 0.3 is 0 Å². The van der Waals surface area contributed by atoms with Crippen molar-refractivity contribution in [3.63, 3.8) is 0 Å². The quantitative estimate of drug-likeness (QED) is 0.832. The fourth-order valence-corrected chi connectivity index (χ4v) is 3.42. The van der Waals surface area contributed by atoms with Gasteiger partial charge in [0.25, 0.3) is 0 Å². The average molecular weight is 322 g/mol. The number of hydrogen-bond donors (Lipinski definition) is 2. The lowest BCUT2D eigenvalue weighted by Gasteiger charge is -2.19. The van der Waals surface area contributed by atoms with Crippen LogP contribution in [0.1, 0.15) is 57.0 Å². The van der Waals surface area contributed by atoms with Crippen molar-refractivity contribution in [3.8, 4) is 0 Å². The number of nitrogens with two attached hydrogens (primary N) is 1. The van der Waals surface area contributed by atoms with Gasteiger partial charge < -0.3 is 11.1 Å². The topological polar surface area (TPSA) is 72.2 Å². The molecule has 2 aromatic rings. The van der Waals surface area contributed by atoms with Gasteiger partial charge in [0.15, 0.2) is 5.78 Å². The molecule has 2 aromatic carbocycles. The van der Waals surface area contributed by atoms with Crippen molar-refractivity contribution in [2.24, 2.45) is 5.73 Å². The van der Waals surface area contributed by atoms with E-state index in [4.69, 9.17) is 5.73 Å². The number of ketones is 1. The first-order chi connectivity index (χ1) is 11.6. The molecule has 4 nitrogen and oxygen atoms in total. The molecule has 0 radical (unpaired) electrons. The molecule has 2 atom stereocenters.